The Hall–Kier alpha value is -1.13. The van der Waals surface area contributed by atoms with Gasteiger partial charge in [-0.05, 0) is 13.0 Å². The number of pyridine rings is 1. The third kappa shape index (κ3) is 3.40. The molecule has 0 aromatic carbocycles. The van der Waals surface area contributed by atoms with Crippen molar-refractivity contribution in [2.45, 2.75) is 13.5 Å². The molecule has 0 amide bonds. The van der Waals surface area contributed by atoms with Crippen molar-refractivity contribution in [3.05, 3.63) is 23.9 Å². The van der Waals surface area contributed by atoms with Crippen LogP contribution in [0.1, 0.15) is 12.6 Å². The third-order valence-electron chi connectivity index (χ3n) is 1.49. The van der Waals surface area contributed by atoms with Gasteiger partial charge in [-0.3, -0.25) is 0 Å². The first-order valence-electron chi connectivity index (χ1n) is 4.21. The molecule has 0 aliphatic rings. The van der Waals surface area contributed by atoms with Gasteiger partial charge in [0.25, 0.3) is 0 Å². The minimum atomic E-state index is 0.588. The number of nitrogens with one attached hydrogen (secondary N) is 1. The lowest BCUT2D eigenvalue weighted by Gasteiger charge is -2.04. The Morgan fingerprint density at radius 1 is 1.46 bits per heavy atom. The van der Waals surface area contributed by atoms with Crippen LogP contribution in [0, 0.1) is 0 Å². The lowest BCUT2D eigenvalue weighted by molar-refractivity contribution is 0.0455. The first-order chi connectivity index (χ1) is 6.36. The van der Waals surface area contributed by atoms with E-state index in [1.54, 1.807) is 7.11 Å². The molecular formula is C9H14N2O2. The minimum Gasteiger partial charge on any atom is -0.481 e. The molecule has 0 saturated carbocycles. The summed E-state index contributed by atoms with van der Waals surface area (Å²) >= 11 is 0. The molecule has 1 heterocycles. The Kier molecular flexibility index (Phi) is 4.21. The fourth-order valence-electron chi connectivity index (χ4n) is 0.897. The van der Waals surface area contributed by atoms with Crippen molar-refractivity contribution < 1.29 is 9.57 Å². The molecular weight excluding hydrogens is 168 g/mol. The van der Waals surface area contributed by atoms with Gasteiger partial charge in [0.05, 0.1) is 26.0 Å². The second-order valence-electron chi connectivity index (χ2n) is 2.43. The fourth-order valence-corrected chi connectivity index (χ4v) is 0.897. The summed E-state index contributed by atoms with van der Waals surface area (Å²) in [6, 6.07) is 5.62. The van der Waals surface area contributed by atoms with Gasteiger partial charge in [-0.15, -0.1) is 0 Å². The van der Waals surface area contributed by atoms with Crippen molar-refractivity contribution >= 4 is 0 Å². The lowest BCUT2D eigenvalue weighted by atomic mass is 10.3. The van der Waals surface area contributed by atoms with E-state index in [2.05, 4.69) is 10.5 Å². The highest BCUT2D eigenvalue weighted by Gasteiger charge is 1.96. The molecule has 0 saturated heterocycles. The number of rotatable bonds is 5. The fraction of sp³-hybridized carbons (Fsp3) is 0.444. The molecule has 72 valence electrons. The number of nitrogens with zero attached hydrogens (tertiary/aromatic N) is 1. The lowest BCUT2D eigenvalue weighted by Crippen LogP contribution is -2.14. The Labute approximate surface area is 77.8 Å². The van der Waals surface area contributed by atoms with Gasteiger partial charge >= 0.3 is 0 Å². The molecule has 0 bridgehead atoms. The van der Waals surface area contributed by atoms with E-state index in [4.69, 9.17) is 9.57 Å². The highest BCUT2D eigenvalue weighted by Crippen LogP contribution is 2.05. The van der Waals surface area contributed by atoms with E-state index in [-0.39, 0.29) is 0 Å². The number of hydrogen-bond acceptors (Lipinski definition) is 4. The summed E-state index contributed by atoms with van der Waals surface area (Å²) in [5, 5.41) is 0. The van der Waals surface area contributed by atoms with Crippen molar-refractivity contribution in [3.63, 3.8) is 0 Å². The summed E-state index contributed by atoms with van der Waals surface area (Å²) < 4.78 is 4.98. The van der Waals surface area contributed by atoms with Gasteiger partial charge in [0.15, 0.2) is 0 Å². The molecule has 1 aromatic heterocycles. The first-order valence-corrected chi connectivity index (χ1v) is 4.21. The molecule has 4 nitrogen and oxygen atoms in total. The highest BCUT2D eigenvalue weighted by atomic mass is 16.6. The smallest absolute Gasteiger partial charge is 0.213 e. The molecule has 0 fully saturated rings. The van der Waals surface area contributed by atoms with E-state index in [1.165, 1.54) is 0 Å². The second-order valence-corrected chi connectivity index (χ2v) is 2.43. The zero-order valence-corrected chi connectivity index (χ0v) is 7.91. The van der Waals surface area contributed by atoms with E-state index in [0.717, 1.165) is 5.69 Å². The Bertz CT molecular complexity index is 253. The largest absolute Gasteiger partial charge is 0.481 e. The molecule has 13 heavy (non-hydrogen) atoms. The predicted octanol–water partition coefficient (Wildman–Crippen LogP) is 1.13. The average molecular weight is 182 g/mol. The zero-order chi connectivity index (χ0) is 9.52. The normalized spacial score (nSPS) is 10.0. The average Bonchev–Trinajstić information content (AvgIpc) is 2.19. The maximum Gasteiger partial charge on any atom is 0.213 e. The van der Waals surface area contributed by atoms with Gasteiger partial charge < -0.3 is 9.57 Å². The quantitative estimate of drug-likeness (QED) is 0.547. The summed E-state index contributed by atoms with van der Waals surface area (Å²) in [6.45, 7) is 3.15. The van der Waals surface area contributed by atoms with Crippen molar-refractivity contribution in [2.75, 3.05) is 13.7 Å². The number of aromatic nitrogens is 1. The van der Waals surface area contributed by atoms with Crippen molar-refractivity contribution in [1.82, 2.24) is 10.5 Å². The number of ether oxygens (including phenoxy) is 1. The molecule has 0 unspecified atom stereocenters. The van der Waals surface area contributed by atoms with Crippen LogP contribution in [0.15, 0.2) is 18.2 Å². The highest BCUT2D eigenvalue weighted by molar-refractivity contribution is 5.15. The summed E-state index contributed by atoms with van der Waals surface area (Å²) in [6.07, 6.45) is 0. The monoisotopic (exact) mass is 182 g/mol. The van der Waals surface area contributed by atoms with Crippen molar-refractivity contribution in [2.24, 2.45) is 0 Å². The van der Waals surface area contributed by atoms with Gasteiger partial charge in [-0.2, -0.15) is 5.48 Å². The molecule has 4 heteroatoms. The zero-order valence-electron chi connectivity index (χ0n) is 7.91. The van der Waals surface area contributed by atoms with Crippen LogP contribution >= 0.6 is 0 Å². The Morgan fingerprint density at radius 3 is 3.00 bits per heavy atom. The molecule has 1 aromatic rings. The van der Waals surface area contributed by atoms with Crippen LogP contribution in [0.25, 0.3) is 0 Å². The van der Waals surface area contributed by atoms with Crippen molar-refractivity contribution in [1.29, 1.82) is 0 Å². The molecule has 0 radical (unpaired) electrons. The number of hydroxylamine groups is 1. The molecule has 1 N–H and O–H groups in total. The van der Waals surface area contributed by atoms with Crippen LogP contribution in [0.2, 0.25) is 0 Å². The van der Waals surface area contributed by atoms with Gasteiger partial charge in [0.2, 0.25) is 5.88 Å². The maximum atomic E-state index is 4.98. The minimum absolute atomic E-state index is 0.588. The van der Waals surface area contributed by atoms with Crippen LogP contribution in [-0.2, 0) is 11.4 Å². The van der Waals surface area contributed by atoms with Crippen LogP contribution in [0.5, 0.6) is 5.88 Å². The van der Waals surface area contributed by atoms with E-state index >= 15 is 0 Å². The second kappa shape index (κ2) is 5.50. The topological polar surface area (TPSA) is 43.4 Å². The summed E-state index contributed by atoms with van der Waals surface area (Å²) in [5.74, 6) is 0.621. The predicted molar refractivity (Wildman–Crippen MR) is 49.3 cm³/mol. The van der Waals surface area contributed by atoms with Gasteiger partial charge in [-0.1, -0.05) is 6.07 Å². The van der Waals surface area contributed by atoms with E-state index in [9.17, 15) is 0 Å². The molecule has 0 spiro atoms. The maximum absolute atomic E-state index is 4.98. The standard InChI is InChI=1S/C9H14N2O2/c1-3-13-10-7-8-5-4-6-9(11-8)12-2/h4-6,10H,3,7H2,1-2H3. The number of methoxy groups -OCH3 is 1. The SMILES string of the molecule is CCONCc1cccc(OC)n1. The first kappa shape index (κ1) is 9.95. The van der Waals surface area contributed by atoms with E-state index in [1.807, 2.05) is 25.1 Å². The molecule has 0 aliphatic carbocycles. The van der Waals surface area contributed by atoms with Gasteiger partial charge in [0.1, 0.15) is 0 Å². The Balaban J connectivity index is 2.46. The van der Waals surface area contributed by atoms with Crippen LogP contribution in [0.4, 0.5) is 0 Å². The van der Waals surface area contributed by atoms with E-state index < -0.39 is 0 Å². The molecule has 0 aliphatic heterocycles. The van der Waals surface area contributed by atoms with Crippen molar-refractivity contribution in [3.8, 4) is 5.88 Å². The third-order valence-corrected chi connectivity index (χ3v) is 1.49. The molecule has 0 atom stereocenters. The number of hydrogen-bond donors (Lipinski definition) is 1. The molecule has 1 rings (SSSR count). The Morgan fingerprint density at radius 2 is 2.31 bits per heavy atom. The van der Waals surface area contributed by atoms with Crippen LogP contribution in [-0.4, -0.2) is 18.7 Å². The van der Waals surface area contributed by atoms with E-state index in [0.29, 0.717) is 19.0 Å². The van der Waals surface area contributed by atoms with Crippen LogP contribution < -0.4 is 10.2 Å². The van der Waals surface area contributed by atoms with Gasteiger partial charge in [0, 0.05) is 6.07 Å². The van der Waals surface area contributed by atoms with Gasteiger partial charge in [-0.25, -0.2) is 4.98 Å². The summed E-state index contributed by atoms with van der Waals surface area (Å²) in [5.41, 5.74) is 3.68. The van der Waals surface area contributed by atoms with Crippen LogP contribution in [0.3, 0.4) is 0 Å². The summed E-state index contributed by atoms with van der Waals surface area (Å²) in [7, 11) is 1.60. The summed E-state index contributed by atoms with van der Waals surface area (Å²) in [4.78, 5) is 9.18.